The van der Waals surface area contributed by atoms with Gasteiger partial charge in [0.2, 0.25) is 0 Å². The molecule has 0 aliphatic carbocycles. The second-order valence-corrected chi connectivity index (χ2v) is 8.02. The van der Waals surface area contributed by atoms with Crippen LogP contribution in [0, 0.1) is 25.2 Å². The lowest BCUT2D eigenvalue weighted by atomic mass is 10.1. The van der Waals surface area contributed by atoms with Crippen LogP contribution in [0.5, 0.6) is 0 Å². The van der Waals surface area contributed by atoms with Gasteiger partial charge < -0.3 is 0 Å². The fraction of sp³-hybridized carbons (Fsp3) is 0.111. The molecule has 0 saturated heterocycles. The number of aryl methyl sites for hydroxylation is 2. The third-order valence-corrected chi connectivity index (χ3v) is 5.51. The van der Waals surface area contributed by atoms with E-state index >= 15 is 0 Å². The maximum absolute atomic E-state index is 9.78. The van der Waals surface area contributed by atoms with Crippen molar-refractivity contribution in [1.82, 2.24) is 4.98 Å². The van der Waals surface area contributed by atoms with Crippen LogP contribution < -0.4 is 0 Å². The second-order valence-electron chi connectivity index (χ2n) is 7.02. The van der Waals surface area contributed by atoms with E-state index in [1.165, 1.54) is 22.9 Å². The molecule has 0 spiro atoms. The first-order valence-electron chi connectivity index (χ1n) is 9.77. The zero-order valence-electron chi connectivity index (χ0n) is 17.3. The molecule has 0 aliphatic heterocycles. The van der Waals surface area contributed by atoms with Crippen molar-refractivity contribution in [2.24, 2.45) is 0 Å². The van der Waals surface area contributed by atoms with Gasteiger partial charge in [0.1, 0.15) is 11.1 Å². The normalized spacial score (nSPS) is 11.1. The lowest BCUT2D eigenvalue weighted by Crippen LogP contribution is -1.95. The van der Waals surface area contributed by atoms with Crippen molar-refractivity contribution in [2.75, 3.05) is 5.75 Å². The minimum absolute atomic E-state index is 0.595. The number of benzene rings is 2. The van der Waals surface area contributed by atoms with Gasteiger partial charge in [0.05, 0.1) is 11.3 Å². The van der Waals surface area contributed by atoms with Gasteiger partial charge in [-0.15, -0.1) is 18.3 Å². The molecule has 2 aromatic carbocycles. The van der Waals surface area contributed by atoms with E-state index in [9.17, 15) is 5.26 Å². The molecule has 1 aromatic heterocycles. The molecule has 1 heterocycles. The van der Waals surface area contributed by atoms with Crippen molar-refractivity contribution in [2.45, 2.75) is 18.9 Å². The first-order valence-corrected chi connectivity index (χ1v) is 10.8. The van der Waals surface area contributed by atoms with Crippen molar-refractivity contribution in [3.05, 3.63) is 106 Å². The molecule has 0 aliphatic rings. The molecule has 0 unspecified atom stereocenters. The van der Waals surface area contributed by atoms with E-state index in [-0.39, 0.29) is 0 Å². The fourth-order valence-electron chi connectivity index (χ4n) is 2.85. The van der Waals surface area contributed by atoms with E-state index in [4.69, 9.17) is 4.98 Å². The number of aromatic nitrogens is 1. The van der Waals surface area contributed by atoms with Gasteiger partial charge in [-0.3, -0.25) is 0 Å². The van der Waals surface area contributed by atoms with E-state index in [1.54, 1.807) is 0 Å². The molecule has 30 heavy (non-hydrogen) atoms. The minimum atomic E-state index is 0.595. The Kier molecular flexibility index (Phi) is 7.43. The van der Waals surface area contributed by atoms with Crippen molar-refractivity contribution in [3.63, 3.8) is 0 Å². The molecule has 0 fully saturated rings. The van der Waals surface area contributed by atoms with Crippen LogP contribution in [0.2, 0.25) is 0 Å². The highest BCUT2D eigenvalue weighted by Crippen LogP contribution is 2.26. The van der Waals surface area contributed by atoms with Crippen LogP contribution >= 0.6 is 11.8 Å². The predicted octanol–water partition coefficient (Wildman–Crippen LogP) is 7.19. The zero-order chi connectivity index (χ0) is 21.3. The van der Waals surface area contributed by atoms with Gasteiger partial charge in [-0.1, -0.05) is 84.0 Å². The van der Waals surface area contributed by atoms with Crippen LogP contribution in [-0.2, 0) is 0 Å². The van der Waals surface area contributed by atoms with E-state index < -0.39 is 0 Å². The van der Waals surface area contributed by atoms with E-state index in [2.05, 4.69) is 75.0 Å². The molecule has 0 N–H and O–H groups in total. The number of nitriles is 1. The van der Waals surface area contributed by atoms with Gasteiger partial charge in [0.15, 0.2) is 0 Å². The third kappa shape index (κ3) is 5.83. The third-order valence-electron chi connectivity index (χ3n) is 4.54. The van der Waals surface area contributed by atoms with Crippen LogP contribution in [0.1, 0.15) is 39.1 Å². The molecule has 0 amide bonds. The molecule has 0 saturated carbocycles. The first-order chi connectivity index (χ1) is 14.6. The lowest BCUT2D eigenvalue weighted by Gasteiger charge is -2.07. The number of pyridine rings is 1. The van der Waals surface area contributed by atoms with Crippen molar-refractivity contribution in [3.8, 4) is 6.07 Å². The maximum Gasteiger partial charge on any atom is 0.115 e. The summed E-state index contributed by atoms with van der Waals surface area (Å²) in [5.41, 5.74) is 6.95. The largest absolute Gasteiger partial charge is 0.241 e. The topological polar surface area (TPSA) is 36.7 Å². The summed E-state index contributed by atoms with van der Waals surface area (Å²) in [6.07, 6.45) is 9.89. The van der Waals surface area contributed by atoms with Gasteiger partial charge in [-0.2, -0.15) is 5.26 Å². The van der Waals surface area contributed by atoms with Crippen LogP contribution in [0.3, 0.4) is 0 Å². The van der Waals surface area contributed by atoms with Crippen LogP contribution in [0.25, 0.3) is 24.3 Å². The number of nitrogens with zero attached hydrogens (tertiary/aromatic N) is 2. The minimum Gasteiger partial charge on any atom is -0.241 e. The van der Waals surface area contributed by atoms with Crippen LogP contribution in [0.15, 0.2) is 72.3 Å². The van der Waals surface area contributed by atoms with Crippen molar-refractivity contribution >= 4 is 36.1 Å². The molecule has 3 aromatic rings. The Labute approximate surface area is 183 Å². The maximum atomic E-state index is 9.78. The molecule has 0 radical (unpaired) electrons. The monoisotopic (exact) mass is 408 g/mol. The average Bonchev–Trinajstić information content (AvgIpc) is 2.76. The highest BCUT2D eigenvalue weighted by atomic mass is 32.2. The molecule has 0 atom stereocenters. The standard InChI is InChI=1S/C27H24N2S/c1-4-17-30-27-26(19-28)24(15-13-22-9-5-20(2)6-10-22)18-25(29-27)16-14-23-11-7-21(3)8-12-23/h4-16,18H,1,17H2,2-3H3/b15-13-,16-14+. The molecule has 148 valence electrons. The predicted molar refractivity (Wildman–Crippen MR) is 130 cm³/mol. The molecule has 2 nitrogen and oxygen atoms in total. The molecule has 0 bridgehead atoms. The summed E-state index contributed by atoms with van der Waals surface area (Å²) in [6.45, 7) is 7.93. The Bertz CT molecular complexity index is 1120. The summed E-state index contributed by atoms with van der Waals surface area (Å²) >= 11 is 1.53. The summed E-state index contributed by atoms with van der Waals surface area (Å²) in [7, 11) is 0. The number of hydrogen-bond acceptors (Lipinski definition) is 3. The highest BCUT2D eigenvalue weighted by molar-refractivity contribution is 7.99. The van der Waals surface area contributed by atoms with Gasteiger partial charge in [0, 0.05) is 5.75 Å². The molecular formula is C27H24N2S. The van der Waals surface area contributed by atoms with Gasteiger partial charge in [-0.25, -0.2) is 4.98 Å². The Morgan fingerprint density at radius 1 is 0.900 bits per heavy atom. The number of thioether (sulfide) groups is 1. The summed E-state index contributed by atoms with van der Waals surface area (Å²) in [5, 5.41) is 10.5. The average molecular weight is 409 g/mol. The van der Waals surface area contributed by atoms with Gasteiger partial charge in [-0.05, 0) is 42.7 Å². The van der Waals surface area contributed by atoms with Crippen LogP contribution in [-0.4, -0.2) is 10.7 Å². The van der Waals surface area contributed by atoms with E-state index in [1.807, 2.05) is 36.4 Å². The van der Waals surface area contributed by atoms with Gasteiger partial charge >= 0.3 is 0 Å². The summed E-state index contributed by atoms with van der Waals surface area (Å²) in [6, 6.07) is 21.0. The fourth-order valence-corrected chi connectivity index (χ4v) is 3.61. The quantitative estimate of drug-likeness (QED) is 0.307. The number of hydrogen-bond donors (Lipinski definition) is 0. The Balaban J connectivity index is 1.99. The Hall–Kier alpha value is -3.35. The Morgan fingerprint density at radius 2 is 1.47 bits per heavy atom. The van der Waals surface area contributed by atoms with Gasteiger partial charge in [0.25, 0.3) is 0 Å². The first kappa shape index (κ1) is 21.4. The molecular weight excluding hydrogens is 384 g/mol. The highest BCUT2D eigenvalue weighted by Gasteiger charge is 2.10. The van der Waals surface area contributed by atoms with Crippen molar-refractivity contribution in [1.29, 1.82) is 5.26 Å². The van der Waals surface area contributed by atoms with Crippen LogP contribution in [0.4, 0.5) is 0 Å². The Morgan fingerprint density at radius 3 is 2.00 bits per heavy atom. The summed E-state index contributed by atoms with van der Waals surface area (Å²) in [5.74, 6) is 0.702. The van der Waals surface area contributed by atoms with E-state index in [0.29, 0.717) is 11.3 Å². The summed E-state index contributed by atoms with van der Waals surface area (Å²) < 4.78 is 0. The SMILES string of the molecule is C=CCSc1nc(/C=C/c2ccc(C)cc2)cc(/C=C\c2ccc(C)cc2)c1C#N. The second kappa shape index (κ2) is 10.4. The molecule has 3 heteroatoms. The smallest absolute Gasteiger partial charge is 0.115 e. The molecule has 3 rings (SSSR count). The lowest BCUT2D eigenvalue weighted by molar-refractivity contribution is 1.09. The van der Waals surface area contributed by atoms with Crippen molar-refractivity contribution < 1.29 is 0 Å². The number of rotatable bonds is 7. The zero-order valence-corrected chi connectivity index (χ0v) is 18.1. The van der Waals surface area contributed by atoms with E-state index in [0.717, 1.165) is 27.4 Å². The summed E-state index contributed by atoms with van der Waals surface area (Å²) in [4.78, 5) is 4.71.